The van der Waals surface area contributed by atoms with Gasteiger partial charge in [0.1, 0.15) is 0 Å². The van der Waals surface area contributed by atoms with Crippen molar-refractivity contribution in [3.8, 4) is 0 Å². The highest BCUT2D eigenvalue weighted by molar-refractivity contribution is 5.30. The Morgan fingerprint density at radius 1 is 0.923 bits per heavy atom. The molecule has 0 amide bonds. The van der Waals surface area contributed by atoms with E-state index in [0.717, 1.165) is 5.92 Å². The average Bonchev–Trinajstić information content (AvgIpc) is 2.85. The van der Waals surface area contributed by atoms with Gasteiger partial charge in [0.15, 0.2) is 0 Å². The Labute approximate surface area is 79.2 Å². The lowest BCUT2D eigenvalue weighted by Gasteiger charge is -2.28. The zero-order valence-electron chi connectivity index (χ0n) is 7.79. The quantitative estimate of drug-likeness (QED) is 0.725. The third-order valence-corrected chi connectivity index (χ3v) is 3.21. The lowest BCUT2D eigenvalue weighted by atomic mass is 9.96. The van der Waals surface area contributed by atoms with Crippen molar-refractivity contribution in [1.29, 1.82) is 0 Å². The van der Waals surface area contributed by atoms with E-state index in [4.69, 9.17) is 0 Å². The standard InChI is InChI=1S/C12H15N/c1-2-9(1)10-3-5-11(6-4-10)12-7-8-13-12/h3-6,9,12-13H,1-2,7-8H2. The van der Waals surface area contributed by atoms with Gasteiger partial charge in [-0.05, 0) is 42.9 Å². The molecule has 1 aromatic carbocycles. The van der Waals surface area contributed by atoms with Crippen molar-refractivity contribution in [3.05, 3.63) is 35.4 Å². The zero-order valence-corrected chi connectivity index (χ0v) is 7.79. The molecule has 1 saturated heterocycles. The Kier molecular flexibility index (Phi) is 1.66. The second kappa shape index (κ2) is 2.85. The highest BCUT2D eigenvalue weighted by Crippen LogP contribution is 2.40. The van der Waals surface area contributed by atoms with Gasteiger partial charge in [-0.2, -0.15) is 0 Å². The van der Waals surface area contributed by atoms with Gasteiger partial charge in [0.05, 0.1) is 0 Å². The lowest BCUT2D eigenvalue weighted by molar-refractivity contribution is 0.383. The van der Waals surface area contributed by atoms with Crippen molar-refractivity contribution < 1.29 is 0 Å². The molecule has 0 bridgehead atoms. The maximum Gasteiger partial charge on any atom is 0.0332 e. The van der Waals surface area contributed by atoms with Crippen molar-refractivity contribution in [1.82, 2.24) is 5.32 Å². The van der Waals surface area contributed by atoms with Crippen LogP contribution in [0.15, 0.2) is 24.3 Å². The largest absolute Gasteiger partial charge is 0.310 e. The van der Waals surface area contributed by atoms with Gasteiger partial charge in [0, 0.05) is 6.04 Å². The number of hydrogen-bond donors (Lipinski definition) is 1. The predicted molar refractivity (Wildman–Crippen MR) is 53.8 cm³/mol. The molecule has 68 valence electrons. The van der Waals surface area contributed by atoms with Crippen molar-refractivity contribution in [2.75, 3.05) is 6.54 Å². The summed E-state index contributed by atoms with van der Waals surface area (Å²) in [6.07, 6.45) is 4.12. The maximum atomic E-state index is 3.43. The fraction of sp³-hybridized carbons (Fsp3) is 0.500. The maximum absolute atomic E-state index is 3.43. The Hall–Kier alpha value is -0.820. The Morgan fingerprint density at radius 3 is 2.00 bits per heavy atom. The molecular weight excluding hydrogens is 158 g/mol. The van der Waals surface area contributed by atoms with Crippen LogP contribution in [-0.2, 0) is 0 Å². The minimum atomic E-state index is 0.647. The second-order valence-corrected chi connectivity index (χ2v) is 4.24. The molecule has 1 atom stereocenters. The Balaban J connectivity index is 1.80. The van der Waals surface area contributed by atoms with E-state index in [0.29, 0.717) is 6.04 Å². The molecule has 2 fully saturated rings. The third-order valence-electron chi connectivity index (χ3n) is 3.21. The summed E-state index contributed by atoms with van der Waals surface area (Å²) >= 11 is 0. The van der Waals surface area contributed by atoms with E-state index in [1.165, 1.54) is 31.4 Å². The van der Waals surface area contributed by atoms with E-state index in [9.17, 15) is 0 Å². The lowest BCUT2D eigenvalue weighted by Crippen LogP contribution is -2.34. The number of rotatable bonds is 2. The van der Waals surface area contributed by atoms with E-state index >= 15 is 0 Å². The monoisotopic (exact) mass is 173 g/mol. The molecule has 1 N–H and O–H groups in total. The Bertz CT molecular complexity index is 293. The van der Waals surface area contributed by atoms with Gasteiger partial charge >= 0.3 is 0 Å². The van der Waals surface area contributed by atoms with Crippen LogP contribution in [-0.4, -0.2) is 6.54 Å². The molecule has 0 radical (unpaired) electrons. The fourth-order valence-corrected chi connectivity index (χ4v) is 1.99. The van der Waals surface area contributed by atoms with E-state index in [2.05, 4.69) is 29.6 Å². The topological polar surface area (TPSA) is 12.0 Å². The van der Waals surface area contributed by atoms with E-state index in [1.807, 2.05) is 0 Å². The second-order valence-electron chi connectivity index (χ2n) is 4.24. The summed E-state index contributed by atoms with van der Waals surface area (Å²) in [6.45, 7) is 1.19. The van der Waals surface area contributed by atoms with Gasteiger partial charge in [-0.15, -0.1) is 0 Å². The predicted octanol–water partition coefficient (Wildman–Crippen LogP) is 2.60. The van der Waals surface area contributed by atoms with E-state index in [1.54, 1.807) is 5.56 Å². The van der Waals surface area contributed by atoms with Crippen LogP contribution in [0.2, 0.25) is 0 Å². The van der Waals surface area contributed by atoms with Crippen LogP contribution in [0.25, 0.3) is 0 Å². The normalized spacial score (nSPS) is 26.9. The summed E-state index contributed by atoms with van der Waals surface area (Å²) in [7, 11) is 0. The molecule has 3 rings (SSSR count). The van der Waals surface area contributed by atoms with Gasteiger partial charge < -0.3 is 5.32 Å². The zero-order chi connectivity index (χ0) is 8.67. The van der Waals surface area contributed by atoms with Crippen molar-refractivity contribution in [2.45, 2.75) is 31.2 Å². The molecule has 0 spiro atoms. The summed E-state index contributed by atoms with van der Waals surface area (Å²) in [6, 6.07) is 9.86. The van der Waals surface area contributed by atoms with Crippen LogP contribution in [0.3, 0.4) is 0 Å². The molecule has 1 saturated carbocycles. The van der Waals surface area contributed by atoms with Gasteiger partial charge in [0.2, 0.25) is 0 Å². The number of hydrogen-bond acceptors (Lipinski definition) is 1. The van der Waals surface area contributed by atoms with E-state index < -0.39 is 0 Å². The first-order chi connectivity index (χ1) is 6.43. The van der Waals surface area contributed by atoms with Crippen LogP contribution in [0.4, 0.5) is 0 Å². The summed E-state index contributed by atoms with van der Waals surface area (Å²) in [4.78, 5) is 0. The molecule has 1 heterocycles. The van der Waals surface area contributed by atoms with Crippen molar-refractivity contribution in [3.63, 3.8) is 0 Å². The molecular formula is C12H15N. The Morgan fingerprint density at radius 2 is 1.54 bits per heavy atom. The molecule has 0 aromatic heterocycles. The smallest absolute Gasteiger partial charge is 0.0332 e. The molecule has 2 aliphatic rings. The number of benzene rings is 1. The van der Waals surface area contributed by atoms with Crippen LogP contribution in [0.1, 0.15) is 42.3 Å². The first kappa shape index (κ1) is 7.57. The van der Waals surface area contributed by atoms with Crippen LogP contribution >= 0.6 is 0 Å². The molecule has 13 heavy (non-hydrogen) atoms. The molecule has 1 heteroatoms. The van der Waals surface area contributed by atoms with Crippen molar-refractivity contribution in [2.24, 2.45) is 0 Å². The highest BCUT2D eigenvalue weighted by atomic mass is 15.0. The van der Waals surface area contributed by atoms with Gasteiger partial charge in [-0.3, -0.25) is 0 Å². The summed E-state index contributed by atoms with van der Waals surface area (Å²) < 4.78 is 0. The van der Waals surface area contributed by atoms with Crippen LogP contribution in [0.5, 0.6) is 0 Å². The van der Waals surface area contributed by atoms with Crippen LogP contribution in [0, 0.1) is 0 Å². The highest BCUT2D eigenvalue weighted by Gasteiger charge is 2.24. The van der Waals surface area contributed by atoms with Crippen molar-refractivity contribution >= 4 is 0 Å². The number of nitrogens with one attached hydrogen (secondary N) is 1. The summed E-state index contributed by atoms with van der Waals surface area (Å²) in [5.41, 5.74) is 3.01. The van der Waals surface area contributed by atoms with Gasteiger partial charge in [-0.1, -0.05) is 24.3 Å². The molecule has 1 nitrogen and oxygen atoms in total. The fourth-order valence-electron chi connectivity index (χ4n) is 1.99. The minimum Gasteiger partial charge on any atom is -0.310 e. The molecule has 1 aromatic rings. The SMILES string of the molecule is c1cc(C2CCN2)ccc1C1CC1. The first-order valence-corrected chi connectivity index (χ1v) is 5.27. The van der Waals surface area contributed by atoms with Crippen LogP contribution < -0.4 is 5.32 Å². The van der Waals surface area contributed by atoms with Gasteiger partial charge in [-0.25, -0.2) is 0 Å². The molecule has 1 aliphatic carbocycles. The third kappa shape index (κ3) is 1.37. The molecule has 1 unspecified atom stereocenters. The first-order valence-electron chi connectivity index (χ1n) is 5.27. The minimum absolute atomic E-state index is 0.647. The molecule has 1 aliphatic heterocycles. The summed E-state index contributed by atoms with van der Waals surface area (Å²) in [5, 5.41) is 3.43. The average molecular weight is 173 g/mol. The van der Waals surface area contributed by atoms with E-state index in [-0.39, 0.29) is 0 Å². The van der Waals surface area contributed by atoms with Gasteiger partial charge in [0.25, 0.3) is 0 Å². The summed E-state index contributed by atoms with van der Waals surface area (Å²) in [5.74, 6) is 0.892.